The van der Waals surface area contributed by atoms with Gasteiger partial charge >= 0.3 is 0 Å². The lowest BCUT2D eigenvalue weighted by molar-refractivity contribution is 0.0952. The van der Waals surface area contributed by atoms with Gasteiger partial charge in [-0.2, -0.15) is 5.10 Å². The third kappa shape index (κ3) is 4.52. The van der Waals surface area contributed by atoms with Gasteiger partial charge in [-0.1, -0.05) is 35.1 Å². The molecule has 0 atom stereocenters. The molecule has 3 aromatic rings. The van der Waals surface area contributed by atoms with E-state index in [2.05, 4.69) is 26.0 Å². The van der Waals surface area contributed by atoms with Crippen molar-refractivity contribution in [2.75, 3.05) is 5.32 Å². The number of hydrogen-bond acceptors (Lipinski definition) is 7. The zero-order valence-electron chi connectivity index (χ0n) is 12.7. The summed E-state index contributed by atoms with van der Waals surface area (Å²) in [5.41, 5.74) is 3.30. The summed E-state index contributed by atoms with van der Waals surface area (Å²) in [5, 5.41) is 26.2. The number of halogens is 1. The van der Waals surface area contributed by atoms with Gasteiger partial charge in [-0.05, 0) is 36.4 Å². The molecule has 0 bridgehead atoms. The van der Waals surface area contributed by atoms with Crippen LogP contribution in [0.5, 0.6) is 5.75 Å². The lowest BCUT2D eigenvalue weighted by Gasteiger charge is -2.01. The Kier molecular flexibility index (Phi) is 5.22. The van der Waals surface area contributed by atoms with E-state index in [4.69, 9.17) is 11.6 Å². The number of hydrazone groups is 1. The minimum atomic E-state index is -0.515. The summed E-state index contributed by atoms with van der Waals surface area (Å²) in [4.78, 5) is 11.9. The predicted molar refractivity (Wildman–Crippen MR) is 97.8 cm³/mol. The molecule has 0 saturated heterocycles. The highest BCUT2D eigenvalue weighted by molar-refractivity contribution is 7.16. The summed E-state index contributed by atoms with van der Waals surface area (Å²) >= 11 is 7.10. The molecule has 2 aromatic carbocycles. The number of aromatic nitrogens is 2. The first-order valence-electron chi connectivity index (χ1n) is 7.09. The Morgan fingerprint density at radius 3 is 2.68 bits per heavy atom. The zero-order chi connectivity index (χ0) is 17.6. The summed E-state index contributed by atoms with van der Waals surface area (Å²) < 4.78 is 0. The van der Waals surface area contributed by atoms with Crippen molar-refractivity contribution in [3.8, 4) is 5.75 Å². The smallest absolute Gasteiger partial charge is 0.275 e. The predicted octanol–water partition coefficient (Wildman–Crippen LogP) is 3.40. The van der Waals surface area contributed by atoms with Gasteiger partial charge in [0.25, 0.3) is 5.91 Å². The summed E-state index contributed by atoms with van der Waals surface area (Å²) in [5.74, 6) is -0.626. The molecule has 0 unspecified atom stereocenters. The highest BCUT2D eigenvalue weighted by Crippen LogP contribution is 2.21. The number of carbonyl (C=O) groups excluding carboxylic acids is 1. The molecule has 3 N–H and O–H groups in total. The molecule has 0 fully saturated rings. The first-order chi connectivity index (χ1) is 12.1. The Balaban J connectivity index is 1.59. The number of phenolic OH excluding ortho intramolecular Hbond substituents is 1. The Hall–Kier alpha value is -2.97. The molecule has 1 aromatic heterocycles. The second-order valence-electron chi connectivity index (χ2n) is 4.79. The monoisotopic (exact) mass is 373 g/mol. The highest BCUT2D eigenvalue weighted by atomic mass is 35.5. The number of para-hydroxylation sites is 1. The number of hydrogen-bond donors (Lipinski definition) is 3. The average molecular weight is 374 g/mol. The first kappa shape index (κ1) is 16.9. The number of benzene rings is 2. The molecule has 0 aliphatic carbocycles. The van der Waals surface area contributed by atoms with Gasteiger partial charge in [0.15, 0.2) is 5.01 Å². The molecule has 0 saturated carbocycles. The fourth-order valence-electron chi connectivity index (χ4n) is 1.87. The summed E-state index contributed by atoms with van der Waals surface area (Å²) in [6.07, 6.45) is 1.38. The number of carbonyl (C=O) groups is 1. The SMILES string of the molecule is O=C(NN=Cc1nnc(Nc2ccc(Cl)cc2)s1)c1ccccc1O. The molecular formula is C16H12ClN5O2S. The number of anilines is 2. The van der Waals surface area contributed by atoms with Crippen LogP contribution < -0.4 is 10.7 Å². The number of rotatable bonds is 5. The second-order valence-corrected chi connectivity index (χ2v) is 6.24. The zero-order valence-corrected chi connectivity index (χ0v) is 14.3. The van der Waals surface area contributed by atoms with Crippen LogP contribution in [-0.4, -0.2) is 27.4 Å². The van der Waals surface area contributed by atoms with Gasteiger partial charge in [-0.3, -0.25) is 4.79 Å². The molecule has 9 heteroatoms. The number of phenols is 1. The van der Waals surface area contributed by atoms with E-state index in [9.17, 15) is 9.90 Å². The van der Waals surface area contributed by atoms with E-state index in [1.807, 2.05) is 12.1 Å². The van der Waals surface area contributed by atoms with E-state index in [0.717, 1.165) is 5.69 Å². The fraction of sp³-hybridized carbons (Fsp3) is 0. The number of aromatic hydroxyl groups is 1. The number of nitrogens with zero attached hydrogens (tertiary/aromatic N) is 3. The molecule has 3 rings (SSSR count). The van der Waals surface area contributed by atoms with E-state index in [1.165, 1.54) is 29.7 Å². The topological polar surface area (TPSA) is 99.5 Å². The Morgan fingerprint density at radius 1 is 1.16 bits per heavy atom. The Bertz CT molecular complexity index is 911. The second kappa shape index (κ2) is 7.73. The van der Waals surface area contributed by atoms with Crippen molar-refractivity contribution in [3.63, 3.8) is 0 Å². The molecule has 0 aliphatic rings. The van der Waals surface area contributed by atoms with Crippen LogP contribution >= 0.6 is 22.9 Å². The number of nitrogens with one attached hydrogen (secondary N) is 2. The van der Waals surface area contributed by atoms with Crippen molar-refractivity contribution in [1.29, 1.82) is 0 Å². The summed E-state index contributed by atoms with van der Waals surface area (Å²) in [6.45, 7) is 0. The molecular weight excluding hydrogens is 362 g/mol. The minimum Gasteiger partial charge on any atom is -0.507 e. The maximum Gasteiger partial charge on any atom is 0.275 e. The Morgan fingerprint density at radius 2 is 1.92 bits per heavy atom. The quantitative estimate of drug-likeness (QED) is 0.470. The van der Waals surface area contributed by atoms with Crippen molar-refractivity contribution in [1.82, 2.24) is 15.6 Å². The largest absolute Gasteiger partial charge is 0.507 e. The highest BCUT2D eigenvalue weighted by Gasteiger charge is 2.09. The van der Waals surface area contributed by atoms with Crippen LogP contribution in [0.4, 0.5) is 10.8 Å². The van der Waals surface area contributed by atoms with Crippen molar-refractivity contribution < 1.29 is 9.90 Å². The van der Waals surface area contributed by atoms with Gasteiger partial charge in [-0.25, -0.2) is 5.43 Å². The van der Waals surface area contributed by atoms with Crippen LogP contribution in [0.1, 0.15) is 15.4 Å². The van der Waals surface area contributed by atoms with Crippen molar-refractivity contribution in [2.45, 2.75) is 0 Å². The van der Waals surface area contributed by atoms with Gasteiger partial charge < -0.3 is 10.4 Å². The maximum absolute atomic E-state index is 11.9. The normalized spacial score (nSPS) is 10.8. The van der Waals surface area contributed by atoms with Crippen LogP contribution in [0.2, 0.25) is 5.02 Å². The first-order valence-corrected chi connectivity index (χ1v) is 8.29. The van der Waals surface area contributed by atoms with E-state index < -0.39 is 5.91 Å². The third-order valence-electron chi connectivity index (χ3n) is 3.03. The average Bonchev–Trinajstić information content (AvgIpc) is 3.04. The van der Waals surface area contributed by atoms with Crippen molar-refractivity contribution in [2.24, 2.45) is 5.10 Å². The molecule has 0 radical (unpaired) electrons. The van der Waals surface area contributed by atoms with Gasteiger partial charge in [0.2, 0.25) is 5.13 Å². The molecule has 25 heavy (non-hydrogen) atoms. The van der Waals surface area contributed by atoms with E-state index in [1.54, 1.807) is 24.3 Å². The lowest BCUT2D eigenvalue weighted by atomic mass is 10.2. The maximum atomic E-state index is 11.9. The molecule has 7 nitrogen and oxygen atoms in total. The third-order valence-corrected chi connectivity index (χ3v) is 4.05. The van der Waals surface area contributed by atoms with Gasteiger partial charge in [-0.15, -0.1) is 10.2 Å². The van der Waals surface area contributed by atoms with Crippen LogP contribution in [0.25, 0.3) is 0 Å². The van der Waals surface area contributed by atoms with E-state index in [-0.39, 0.29) is 11.3 Å². The minimum absolute atomic E-state index is 0.111. The molecule has 1 amide bonds. The van der Waals surface area contributed by atoms with Crippen LogP contribution in [0.3, 0.4) is 0 Å². The number of amides is 1. The van der Waals surface area contributed by atoms with Crippen LogP contribution in [-0.2, 0) is 0 Å². The molecule has 0 spiro atoms. The standard InChI is InChI=1S/C16H12ClN5O2S/c17-10-5-7-11(8-6-10)19-16-22-20-14(25-16)9-18-21-15(24)12-3-1-2-4-13(12)23/h1-9,23H,(H,19,22)(H,21,24). The summed E-state index contributed by atoms with van der Waals surface area (Å²) in [7, 11) is 0. The van der Waals surface area contributed by atoms with E-state index in [0.29, 0.717) is 15.2 Å². The van der Waals surface area contributed by atoms with Crippen LogP contribution in [0.15, 0.2) is 53.6 Å². The van der Waals surface area contributed by atoms with Gasteiger partial charge in [0, 0.05) is 10.7 Å². The summed E-state index contributed by atoms with van der Waals surface area (Å²) in [6, 6.07) is 13.4. The molecule has 0 aliphatic heterocycles. The van der Waals surface area contributed by atoms with Crippen molar-refractivity contribution in [3.05, 3.63) is 64.1 Å². The Labute approximate surface area is 152 Å². The van der Waals surface area contributed by atoms with Gasteiger partial charge in [0.05, 0.1) is 11.8 Å². The van der Waals surface area contributed by atoms with Crippen LogP contribution in [0, 0.1) is 0 Å². The lowest BCUT2D eigenvalue weighted by Crippen LogP contribution is -2.17. The molecule has 1 heterocycles. The molecule has 126 valence electrons. The van der Waals surface area contributed by atoms with Gasteiger partial charge in [0.1, 0.15) is 5.75 Å². The van der Waals surface area contributed by atoms with E-state index >= 15 is 0 Å². The van der Waals surface area contributed by atoms with Crippen molar-refractivity contribution >= 4 is 45.9 Å². The fourth-order valence-corrected chi connectivity index (χ4v) is 2.63.